The quantitative estimate of drug-likeness (QED) is 0.629. The first-order valence-electron chi connectivity index (χ1n) is 6.16. The van der Waals surface area contributed by atoms with E-state index in [4.69, 9.17) is 0 Å². The summed E-state index contributed by atoms with van der Waals surface area (Å²) in [6.07, 6.45) is 7.14. The molecule has 0 bridgehead atoms. The van der Waals surface area contributed by atoms with Crippen LogP contribution < -0.4 is 10.6 Å². The van der Waals surface area contributed by atoms with Crippen molar-refractivity contribution in [1.29, 1.82) is 0 Å². The Hall–Kier alpha value is -2.36. The van der Waals surface area contributed by atoms with Crippen molar-refractivity contribution in [2.45, 2.75) is 20.3 Å². The van der Waals surface area contributed by atoms with Crippen molar-refractivity contribution < 1.29 is 9.59 Å². The molecule has 1 aromatic carbocycles. The Morgan fingerprint density at radius 3 is 2.47 bits per heavy atom. The molecule has 0 saturated heterocycles. The summed E-state index contributed by atoms with van der Waals surface area (Å²) >= 11 is 0. The number of rotatable bonds is 5. The number of carbonyl (C=O) groups excluding carboxylic acids is 2. The predicted octanol–water partition coefficient (Wildman–Crippen LogP) is 3.11. The lowest BCUT2D eigenvalue weighted by atomic mass is 10.2. The molecule has 19 heavy (non-hydrogen) atoms. The second-order valence-electron chi connectivity index (χ2n) is 3.86. The van der Waals surface area contributed by atoms with Crippen LogP contribution in [0.2, 0.25) is 0 Å². The van der Waals surface area contributed by atoms with E-state index in [1.807, 2.05) is 13.0 Å². The summed E-state index contributed by atoms with van der Waals surface area (Å²) in [5, 5.41) is 5.46. The Morgan fingerprint density at radius 1 is 1.16 bits per heavy atom. The first-order valence-corrected chi connectivity index (χ1v) is 6.16. The molecular weight excluding hydrogens is 240 g/mol. The average molecular weight is 258 g/mol. The molecule has 100 valence electrons. The molecule has 0 unspecified atom stereocenters. The van der Waals surface area contributed by atoms with Crippen LogP contribution in [0.5, 0.6) is 0 Å². The van der Waals surface area contributed by atoms with Crippen LogP contribution in [0.15, 0.2) is 48.6 Å². The Morgan fingerprint density at radius 2 is 1.84 bits per heavy atom. The zero-order valence-electron chi connectivity index (χ0n) is 11.1. The highest BCUT2D eigenvalue weighted by Crippen LogP contribution is 2.15. The highest BCUT2D eigenvalue weighted by Gasteiger charge is 2.01. The van der Waals surface area contributed by atoms with Crippen molar-refractivity contribution in [1.82, 2.24) is 0 Å². The predicted molar refractivity (Wildman–Crippen MR) is 77.9 cm³/mol. The molecule has 4 nitrogen and oxygen atoms in total. The molecule has 0 heterocycles. The highest BCUT2D eigenvalue weighted by molar-refractivity contribution is 6.00. The normalized spacial score (nSPS) is 10.8. The third-order valence-corrected chi connectivity index (χ3v) is 2.29. The maximum atomic E-state index is 11.6. The van der Waals surface area contributed by atoms with E-state index in [1.165, 1.54) is 6.08 Å². The van der Waals surface area contributed by atoms with Gasteiger partial charge in [0.2, 0.25) is 11.8 Å². The molecule has 0 aliphatic rings. The molecule has 0 aliphatic heterocycles. The zero-order chi connectivity index (χ0) is 14.1. The lowest BCUT2D eigenvalue weighted by Gasteiger charge is -2.06. The molecule has 1 aromatic rings. The molecule has 2 N–H and O–H groups in total. The number of allylic oxidation sites excluding steroid dienone is 3. The lowest BCUT2D eigenvalue weighted by Crippen LogP contribution is -2.11. The molecule has 0 radical (unpaired) electrons. The second kappa shape index (κ2) is 7.87. The van der Waals surface area contributed by atoms with Crippen LogP contribution in [0.1, 0.15) is 20.3 Å². The third-order valence-electron chi connectivity index (χ3n) is 2.29. The highest BCUT2D eigenvalue weighted by atomic mass is 16.2. The molecule has 1 rings (SSSR count). The largest absolute Gasteiger partial charge is 0.326 e. The summed E-state index contributed by atoms with van der Waals surface area (Å²) < 4.78 is 0. The van der Waals surface area contributed by atoms with Crippen molar-refractivity contribution >= 4 is 23.2 Å². The number of hydrogen-bond donors (Lipinski definition) is 2. The molecule has 0 spiro atoms. The second-order valence-corrected chi connectivity index (χ2v) is 3.86. The van der Waals surface area contributed by atoms with E-state index < -0.39 is 0 Å². The lowest BCUT2D eigenvalue weighted by molar-refractivity contribution is -0.116. The first kappa shape index (κ1) is 14.7. The van der Waals surface area contributed by atoms with Gasteiger partial charge in [-0.25, -0.2) is 0 Å². The molecule has 0 fully saturated rings. The summed E-state index contributed by atoms with van der Waals surface area (Å²) in [6, 6.07) is 7.04. The van der Waals surface area contributed by atoms with Gasteiger partial charge in [0.25, 0.3) is 0 Å². The Balaban J connectivity index is 2.66. The van der Waals surface area contributed by atoms with E-state index in [2.05, 4.69) is 10.6 Å². The van der Waals surface area contributed by atoms with Gasteiger partial charge in [0, 0.05) is 23.9 Å². The Bertz CT molecular complexity index is 505. The molecule has 0 atom stereocenters. The summed E-state index contributed by atoms with van der Waals surface area (Å²) in [5.41, 5.74) is 1.31. The van der Waals surface area contributed by atoms with Gasteiger partial charge in [-0.1, -0.05) is 31.2 Å². The molecule has 0 aromatic heterocycles. The minimum Gasteiger partial charge on any atom is -0.326 e. The molecule has 0 saturated carbocycles. The van der Waals surface area contributed by atoms with Crippen molar-refractivity contribution in [2.75, 3.05) is 10.6 Å². The van der Waals surface area contributed by atoms with E-state index in [0.29, 0.717) is 17.8 Å². The SMILES string of the molecule is C/C=C/C=C/C(=O)Nc1cccc(NC(=O)CC)c1. The van der Waals surface area contributed by atoms with Crippen molar-refractivity contribution in [3.05, 3.63) is 48.6 Å². The number of anilines is 2. The van der Waals surface area contributed by atoms with Crippen molar-refractivity contribution in [3.63, 3.8) is 0 Å². The smallest absolute Gasteiger partial charge is 0.248 e. The maximum Gasteiger partial charge on any atom is 0.248 e. The summed E-state index contributed by atoms with van der Waals surface area (Å²) in [7, 11) is 0. The van der Waals surface area contributed by atoms with E-state index in [9.17, 15) is 9.59 Å². The minimum absolute atomic E-state index is 0.0588. The Kier molecular flexibility index (Phi) is 6.09. The molecule has 2 amide bonds. The number of nitrogens with one attached hydrogen (secondary N) is 2. The van der Waals surface area contributed by atoms with E-state index in [1.54, 1.807) is 43.3 Å². The van der Waals surface area contributed by atoms with E-state index >= 15 is 0 Å². The third kappa shape index (κ3) is 5.68. The van der Waals surface area contributed by atoms with Crippen molar-refractivity contribution in [3.8, 4) is 0 Å². The number of amides is 2. The summed E-state index contributed by atoms with van der Waals surface area (Å²) in [4.78, 5) is 22.8. The first-order chi connectivity index (χ1) is 9.15. The number of benzene rings is 1. The fraction of sp³-hybridized carbons (Fsp3) is 0.200. The monoisotopic (exact) mass is 258 g/mol. The van der Waals surface area contributed by atoms with Gasteiger partial charge in [-0.3, -0.25) is 9.59 Å². The molecule has 0 aliphatic carbocycles. The van der Waals surface area contributed by atoms with Crippen LogP contribution in [0.3, 0.4) is 0 Å². The molecular formula is C15H18N2O2. The average Bonchev–Trinajstić information content (AvgIpc) is 2.39. The van der Waals surface area contributed by atoms with Gasteiger partial charge < -0.3 is 10.6 Å². The van der Waals surface area contributed by atoms with E-state index in [-0.39, 0.29) is 11.8 Å². The fourth-order valence-corrected chi connectivity index (χ4v) is 1.36. The van der Waals surface area contributed by atoms with Crippen LogP contribution in [-0.4, -0.2) is 11.8 Å². The number of carbonyl (C=O) groups is 2. The molecule has 4 heteroatoms. The fourth-order valence-electron chi connectivity index (χ4n) is 1.36. The zero-order valence-corrected chi connectivity index (χ0v) is 11.1. The van der Waals surface area contributed by atoms with Gasteiger partial charge in [0.05, 0.1) is 0 Å². The standard InChI is InChI=1S/C15H18N2O2/c1-3-5-6-10-15(19)17-13-9-7-8-12(11-13)16-14(18)4-2/h3,5-11H,4H2,1-2H3,(H,16,18)(H,17,19)/b5-3+,10-6+. The van der Waals surface area contributed by atoms with Gasteiger partial charge in [-0.05, 0) is 25.1 Å². The van der Waals surface area contributed by atoms with Crippen LogP contribution in [0, 0.1) is 0 Å². The van der Waals surface area contributed by atoms with Gasteiger partial charge >= 0.3 is 0 Å². The van der Waals surface area contributed by atoms with E-state index in [0.717, 1.165) is 0 Å². The summed E-state index contributed by atoms with van der Waals surface area (Å²) in [6.45, 7) is 3.66. The number of hydrogen-bond acceptors (Lipinski definition) is 2. The van der Waals surface area contributed by atoms with Gasteiger partial charge in [0.1, 0.15) is 0 Å². The van der Waals surface area contributed by atoms with Crippen LogP contribution >= 0.6 is 0 Å². The van der Waals surface area contributed by atoms with Gasteiger partial charge in [-0.2, -0.15) is 0 Å². The van der Waals surface area contributed by atoms with Gasteiger partial charge in [0.15, 0.2) is 0 Å². The van der Waals surface area contributed by atoms with Crippen LogP contribution in [0.4, 0.5) is 11.4 Å². The topological polar surface area (TPSA) is 58.2 Å². The Labute approximate surface area is 113 Å². The van der Waals surface area contributed by atoms with Gasteiger partial charge in [-0.15, -0.1) is 0 Å². The minimum atomic E-state index is -0.211. The van der Waals surface area contributed by atoms with Crippen LogP contribution in [0.25, 0.3) is 0 Å². The summed E-state index contributed by atoms with van der Waals surface area (Å²) in [5.74, 6) is -0.270. The van der Waals surface area contributed by atoms with Crippen molar-refractivity contribution in [2.24, 2.45) is 0 Å². The maximum absolute atomic E-state index is 11.6. The van der Waals surface area contributed by atoms with Crippen LogP contribution in [-0.2, 0) is 9.59 Å².